The summed E-state index contributed by atoms with van der Waals surface area (Å²) < 4.78 is 0. The van der Waals surface area contributed by atoms with E-state index in [1.54, 1.807) is 0 Å². The van der Waals surface area contributed by atoms with Crippen LogP contribution in [0.2, 0.25) is 0 Å². The van der Waals surface area contributed by atoms with E-state index in [2.05, 4.69) is 10.3 Å². The van der Waals surface area contributed by atoms with Gasteiger partial charge in [0.2, 0.25) is 11.8 Å². The number of fused-ring (bicyclic) bond motifs is 1. The predicted molar refractivity (Wildman–Crippen MR) is 73.4 cm³/mol. The van der Waals surface area contributed by atoms with Gasteiger partial charge < -0.3 is 16.0 Å². The second-order valence-corrected chi connectivity index (χ2v) is 4.43. The summed E-state index contributed by atoms with van der Waals surface area (Å²) >= 11 is 0. The molecule has 2 aromatic rings. The molecule has 2 rings (SSSR count). The first-order valence-corrected chi connectivity index (χ1v) is 6.27. The van der Waals surface area contributed by atoms with Crippen LogP contribution >= 0.6 is 0 Å². The fraction of sp³-hybridized carbons (Fsp3) is 0.286. The zero-order valence-corrected chi connectivity index (χ0v) is 10.6. The molecule has 19 heavy (non-hydrogen) atoms. The molecule has 0 saturated heterocycles. The third kappa shape index (κ3) is 3.58. The van der Waals surface area contributed by atoms with Crippen LogP contribution in [0.1, 0.15) is 18.4 Å². The fourth-order valence-corrected chi connectivity index (χ4v) is 2.00. The van der Waals surface area contributed by atoms with Crippen molar-refractivity contribution in [3.05, 3.63) is 36.0 Å². The molecule has 0 fully saturated rings. The Labute approximate surface area is 111 Å². The summed E-state index contributed by atoms with van der Waals surface area (Å²) in [5, 5.41) is 3.82. The van der Waals surface area contributed by atoms with E-state index < -0.39 is 5.91 Å². The lowest BCUT2D eigenvalue weighted by atomic mass is 10.1. The normalized spacial score (nSPS) is 10.5. The minimum absolute atomic E-state index is 0.0634. The molecule has 1 aromatic heterocycles. The van der Waals surface area contributed by atoms with Crippen LogP contribution in [-0.2, 0) is 16.0 Å². The number of H-pyrrole nitrogens is 1. The lowest BCUT2D eigenvalue weighted by Gasteiger charge is -2.03. The quantitative estimate of drug-likeness (QED) is 0.725. The Morgan fingerprint density at radius 2 is 2.00 bits per heavy atom. The molecule has 5 heteroatoms. The Kier molecular flexibility index (Phi) is 4.18. The van der Waals surface area contributed by atoms with Crippen molar-refractivity contribution in [1.29, 1.82) is 0 Å². The molecule has 0 aliphatic rings. The number of para-hydroxylation sites is 1. The van der Waals surface area contributed by atoms with Gasteiger partial charge in [-0.05, 0) is 18.1 Å². The van der Waals surface area contributed by atoms with Gasteiger partial charge in [0, 0.05) is 36.5 Å². The number of hydrogen-bond donors (Lipinski definition) is 3. The van der Waals surface area contributed by atoms with E-state index in [0.717, 1.165) is 16.5 Å². The highest BCUT2D eigenvalue weighted by Gasteiger charge is 2.06. The number of aryl methyl sites for hydroxylation is 1. The third-order valence-corrected chi connectivity index (χ3v) is 2.99. The van der Waals surface area contributed by atoms with Crippen LogP contribution in [-0.4, -0.2) is 23.3 Å². The number of carbonyl (C=O) groups excluding carboxylic acids is 2. The number of benzene rings is 1. The SMILES string of the molecule is NC(=O)CCNC(=O)CCc1c[nH]c2ccccc12. The van der Waals surface area contributed by atoms with E-state index in [-0.39, 0.29) is 12.3 Å². The average molecular weight is 259 g/mol. The maximum Gasteiger partial charge on any atom is 0.220 e. The molecular formula is C14H17N3O2. The van der Waals surface area contributed by atoms with Crippen LogP contribution in [0.3, 0.4) is 0 Å². The molecule has 0 saturated carbocycles. The van der Waals surface area contributed by atoms with Gasteiger partial charge in [-0.25, -0.2) is 0 Å². The van der Waals surface area contributed by atoms with E-state index in [0.29, 0.717) is 19.4 Å². The smallest absolute Gasteiger partial charge is 0.220 e. The Morgan fingerprint density at radius 3 is 2.79 bits per heavy atom. The molecule has 1 aromatic carbocycles. The molecule has 0 aliphatic carbocycles. The third-order valence-electron chi connectivity index (χ3n) is 2.99. The highest BCUT2D eigenvalue weighted by atomic mass is 16.2. The topological polar surface area (TPSA) is 88.0 Å². The van der Waals surface area contributed by atoms with Gasteiger partial charge in [-0.1, -0.05) is 18.2 Å². The van der Waals surface area contributed by atoms with Gasteiger partial charge in [0.05, 0.1) is 0 Å². The van der Waals surface area contributed by atoms with E-state index in [9.17, 15) is 9.59 Å². The molecule has 100 valence electrons. The van der Waals surface area contributed by atoms with Crippen LogP contribution in [0, 0.1) is 0 Å². The number of hydrogen-bond acceptors (Lipinski definition) is 2. The fourth-order valence-electron chi connectivity index (χ4n) is 2.00. The van der Waals surface area contributed by atoms with Crippen molar-refractivity contribution in [1.82, 2.24) is 10.3 Å². The molecule has 0 aliphatic heterocycles. The molecule has 0 spiro atoms. The second kappa shape index (κ2) is 6.04. The van der Waals surface area contributed by atoms with Gasteiger partial charge in [-0.2, -0.15) is 0 Å². The minimum atomic E-state index is -0.406. The first-order chi connectivity index (χ1) is 9.16. The zero-order valence-electron chi connectivity index (χ0n) is 10.6. The van der Waals surface area contributed by atoms with E-state index in [4.69, 9.17) is 5.73 Å². The first-order valence-electron chi connectivity index (χ1n) is 6.27. The largest absolute Gasteiger partial charge is 0.370 e. The van der Waals surface area contributed by atoms with Crippen molar-refractivity contribution >= 4 is 22.7 Å². The Balaban J connectivity index is 1.85. The van der Waals surface area contributed by atoms with Gasteiger partial charge in [0.1, 0.15) is 0 Å². The molecule has 4 N–H and O–H groups in total. The molecule has 0 radical (unpaired) electrons. The van der Waals surface area contributed by atoms with E-state index >= 15 is 0 Å². The van der Waals surface area contributed by atoms with Crippen molar-refractivity contribution in [2.24, 2.45) is 5.73 Å². The summed E-state index contributed by atoms with van der Waals surface area (Å²) in [7, 11) is 0. The first kappa shape index (κ1) is 13.1. The highest BCUT2D eigenvalue weighted by Crippen LogP contribution is 2.18. The predicted octanol–water partition coefficient (Wildman–Crippen LogP) is 1.09. The van der Waals surface area contributed by atoms with Crippen molar-refractivity contribution < 1.29 is 9.59 Å². The van der Waals surface area contributed by atoms with E-state index in [1.807, 2.05) is 30.5 Å². The van der Waals surface area contributed by atoms with E-state index in [1.165, 1.54) is 0 Å². The maximum absolute atomic E-state index is 11.6. The lowest BCUT2D eigenvalue weighted by molar-refractivity contribution is -0.121. The molecule has 0 atom stereocenters. The zero-order chi connectivity index (χ0) is 13.7. The van der Waals surface area contributed by atoms with Gasteiger partial charge in [-0.3, -0.25) is 9.59 Å². The van der Waals surface area contributed by atoms with Crippen LogP contribution in [0.5, 0.6) is 0 Å². The van der Waals surface area contributed by atoms with Gasteiger partial charge in [-0.15, -0.1) is 0 Å². The lowest BCUT2D eigenvalue weighted by Crippen LogP contribution is -2.27. The summed E-state index contributed by atoms with van der Waals surface area (Å²) in [6, 6.07) is 7.99. The molecule has 0 bridgehead atoms. The number of carbonyl (C=O) groups is 2. The van der Waals surface area contributed by atoms with Gasteiger partial charge in [0.15, 0.2) is 0 Å². The van der Waals surface area contributed by atoms with Gasteiger partial charge in [0.25, 0.3) is 0 Å². The summed E-state index contributed by atoms with van der Waals surface area (Å²) in [5.41, 5.74) is 7.20. The number of rotatable bonds is 6. The molecule has 0 unspecified atom stereocenters. The van der Waals surface area contributed by atoms with Crippen molar-refractivity contribution in [2.75, 3.05) is 6.54 Å². The summed E-state index contributed by atoms with van der Waals surface area (Å²) in [5.74, 6) is -0.469. The average Bonchev–Trinajstić information content (AvgIpc) is 2.79. The number of nitrogens with one attached hydrogen (secondary N) is 2. The van der Waals surface area contributed by atoms with Crippen molar-refractivity contribution in [3.63, 3.8) is 0 Å². The number of amides is 2. The number of aromatic nitrogens is 1. The minimum Gasteiger partial charge on any atom is -0.370 e. The molecule has 2 amide bonds. The van der Waals surface area contributed by atoms with Crippen LogP contribution in [0.4, 0.5) is 0 Å². The summed E-state index contributed by atoms with van der Waals surface area (Å²) in [4.78, 5) is 25.3. The van der Waals surface area contributed by atoms with Crippen LogP contribution < -0.4 is 11.1 Å². The maximum atomic E-state index is 11.6. The monoisotopic (exact) mass is 259 g/mol. The van der Waals surface area contributed by atoms with Gasteiger partial charge >= 0.3 is 0 Å². The van der Waals surface area contributed by atoms with Crippen molar-refractivity contribution in [2.45, 2.75) is 19.3 Å². The summed E-state index contributed by atoms with van der Waals surface area (Å²) in [6.07, 6.45) is 3.19. The standard InChI is InChI=1S/C14H17N3O2/c15-13(18)7-8-16-14(19)6-5-10-9-17-12-4-2-1-3-11(10)12/h1-4,9,17H,5-8H2,(H2,15,18)(H,16,19). The highest BCUT2D eigenvalue weighted by molar-refractivity contribution is 5.84. The molecular weight excluding hydrogens is 242 g/mol. The number of primary amides is 1. The van der Waals surface area contributed by atoms with Crippen LogP contribution in [0.15, 0.2) is 30.5 Å². The number of nitrogens with two attached hydrogens (primary N) is 1. The van der Waals surface area contributed by atoms with Crippen LogP contribution in [0.25, 0.3) is 10.9 Å². The Bertz CT molecular complexity index is 589. The Morgan fingerprint density at radius 1 is 1.21 bits per heavy atom. The molecule has 5 nitrogen and oxygen atoms in total. The molecule has 1 heterocycles. The Hall–Kier alpha value is -2.30. The number of aromatic amines is 1. The second-order valence-electron chi connectivity index (χ2n) is 4.43. The summed E-state index contributed by atoms with van der Waals surface area (Å²) in [6.45, 7) is 0.308. The van der Waals surface area contributed by atoms with Crippen molar-refractivity contribution in [3.8, 4) is 0 Å².